The maximum Gasteiger partial charge on any atom is 0.181 e. The van der Waals surface area contributed by atoms with Crippen molar-refractivity contribution < 1.29 is 9.15 Å². The minimum atomic E-state index is 0.717. The maximum atomic E-state index is 5.46. The fourth-order valence-electron chi connectivity index (χ4n) is 2.88. The molecule has 0 atom stereocenters. The number of oxazole rings is 1. The van der Waals surface area contributed by atoms with Crippen molar-refractivity contribution in [2.24, 2.45) is 5.92 Å². The standard InChI is InChI=1S/C17H23N3O2/c1-20-7-5-13(6-8-20)10-19-15-9-14(3-4-16(15)21-2)17-11-18-12-22-17/h3-4,9,11-13,19H,5-8,10H2,1-2H3. The van der Waals surface area contributed by atoms with Crippen molar-refractivity contribution in [1.82, 2.24) is 9.88 Å². The average molecular weight is 301 g/mol. The molecule has 0 saturated carbocycles. The second-order valence-electron chi connectivity index (χ2n) is 5.91. The number of rotatable bonds is 5. The first-order valence-electron chi connectivity index (χ1n) is 7.75. The van der Waals surface area contributed by atoms with Gasteiger partial charge in [0.05, 0.1) is 19.0 Å². The summed E-state index contributed by atoms with van der Waals surface area (Å²) in [5.74, 6) is 2.34. The van der Waals surface area contributed by atoms with Gasteiger partial charge in [-0.15, -0.1) is 0 Å². The first-order chi connectivity index (χ1) is 10.8. The summed E-state index contributed by atoms with van der Waals surface area (Å²) >= 11 is 0. The van der Waals surface area contributed by atoms with E-state index in [9.17, 15) is 0 Å². The number of hydrogen-bond donors (Lipinski definition) is 1. The van der Waals surface area contributed by atoms with E-state index in [0.717, 1.165) is 35.2 Å². The number of anilines is 1. The molecule has 1 fully saturated rings. The largest absolute Gasteiger partial charge is 0.495 e. The smallest absolute Gasteiger partial charge is 0.181 e. The Morgan fingerprint density at radius 1 is 1.36 bits per heavy atom. The number of ether oxygens (including phenoxy) is 1. The Morgan fingerprint density at radius 3 is 2.86 bits per heavy atom. The van der Waals surface area contributed by atoms with Crippen LogP contribution in [0.5, 0.6) is 5.75 Å². The van der Waals surface area contributed by atoms with Crippen LogP contribution in [0, 0.1) is 5.92 Å². The van der Waals surface area contributed by atoms with Gasteiger partial charge in [0.25, 0.3) is 0 Å². The van der Waals surface area contributed by atoms with Crippen LogP contribution in [0.25, 0.3) is 11.3 Å². The van der Waals surface area contributed by atoms with Gasteiger partial charge in [0.2, 0.25) is 0 Å². The highest BCUT2D eigenvalue weighted by Gasteiger charge is 2.17. The van der Waals surface area contributed by atoms with E-state index in [2.05, 4.69) is 28.3 Å². The lowest BCUT2D eigenvalue weighted by Crippen LogP contribution is -2.33. The minimum absolute atomic E-state index is 0.717. The fraction of sp³-hybridized carbons (Fsp3) is 0.471. The number of piperidine rings is 1. The number of hydrogen-bond acceptors (Lipinski definition) is 5. The Kier molecular flexibility index (Phi) is 4.63. The second kappa shape index (κ2) is 6.83. The molecule has 1 saturated heterocycles. The number of methoxy groups -OCH3 is 1. The molecule has 0 unspecified atom stereocenters. The van der Waals surface area contributed by atoms with Crippen LogP contribution < -0.4 is 10.1 Å². The lowest BCUT2D eigenvalue weighted by atomic mass is 9.97. The summed E-state index contributed by atoms with van der Waals surface area (Å²) < 4.78 is 10.8. The lowest BCUT2D eigenvalue weighted by molar-refractivity contribution is 0.226. The Labute approximate surface area is 131 Å². The number of benzene rings is 1. The molecule has 1 aromatic heterocycles. The highest BCUT2D eigenvalue weighted by atomic mass is 16.5. The predicted molar refractivity (Wildman–Crippen MR) is 87.2 cm³/mol. The van der Waals surface area contributed by atoms with Crippen LogP contribution in [0.3, 0.4) is 0 Å². The van der Waals surface area contributed by atoms with Gasteiger partial charge in [-0.25, -0.2) is 4.98 Å². The van der Waals surface area contributed by atoms with Gasteiger partial charge in [-0.05, 0) is 57.1 Å². The Balaban J connectivity index is 1.70. The monoisotopic (exact) mass is 301 g/mol. The van der Waals surface area contributed by atoms with Crippen LogP contribution in [0.1, 0.15) is 12.8 Å². The number of aromatic nitrogens is 1. The van der Waals surface area contributed by atoms with Crippen molar-refractivity contribution in [2.45, 2.75) is 12.8 Å². The quantitative estimate of drug-likeness (QED) is 0.919. The maximum absolute atomic E-state index is 5.46. The predicted octanol–water partition coefficient (Wildman–Crippen LogP) is 3.10. The summed E-state index contributed by atoms with van der Waals surface area (Å²) in [4.78, 5) is 6.36. The van der Waals surface area contributed by atoms with Crippen LogP contribution in [-0.2, 0) is 0 Å². The van der Waals surface area contributed by atoms with Crippen LogP contribution >= 0.6 is 0 Å². The van der Waals surface area contributed by atoms with Gasteiger partial charge in [-0.1, -0.05) is 0 Å². The zero-order valence-electron chi connectivity index (χ0n) is 13.2. The summed E-state index contributed by atoms with van der Waals surface area (Å²) in [5.41, 5.74) is 2.01. The summed E-state index contributed by atoms with van der Waals surface area (Å²) in [6.45, 7) is 3.34. The van der Waals surface area contributed by atoms with Crippen molar-refractivity contribution >= 4 is 5.69 Å². The molecular weight excluding hydrogens is 278 g/mol. The number of nitrogens with zero attached hydrogens (tertiary/aromatic N) is 2. The minimum Gasteiger partial charge on any atom is -0.495 e. The molecule has 1 N–H and O–H groups in total. The molecule has 1 aliphatic rings. The first kappa shape index (κ1) is 14.9. The van der Waals surface area contributed by atoms with E-state index in [1.54, 1.807) is 13.3 Å². The van der Waals surface area contributed by atoms with Gasteiger partial charge in [-0.3, -0.25) is 0 Å². The molecule has 0 amide bonds. The highest BCUT2D eigenvalue weighted by molar-refractivity contribution is 5.68. The number of likely N-dealkylation sites (tertiary alicyclic amines) is 1. The van der Waals surface area contributed by atoms with Gasteiger partial charge < -0.3 is 19.4 Å². The first-order valence-corrected chi connectivity index (χ1v) is 7.75. The van der Waals surface area contributed by atoms with Crippen molar-refractivity contribution in [2.75, 3.05) is 39.1 Å². The fourth-order valence-corrected chi connectivity index (χ4v) is 2.88. The number of nitrogens with one attached hydrogen (secondary N) is 1. The zero-order chi connectivity index (χ0) is 15.4. The molecule has 118 valence electrons. The van der Waals surface area contributed by atoms with E-state index < -0.39 is 0 Å². The van der Waals surface area contributed by atoms with E-state index >= 15 is 0 Å². The lowest BCUT2D eigenvalue weighted by Gasteiger charge is -2.29. The van der Waals surface area contributed by atoms with Crippen molar-refractivity contribution in [3.63, 3.8) is 0 Å². The van der Waals surface area contributed by atoms with Gasteiger partial charge in [0.15, 0.2) is 12.2 Å². The Morgan fingerprint density at radius 2 is 2.18 bits per heavy atom. The van der Waals surface area contributed by atoms with Crippen molar-refractivity contribution in [3.8, 4) is 17.1 Å². The van der Waals surface area contributed by atoms with Gasteiger partial charge >= 0.3 is 0 Å². The van der Waals surface area contributed by atoms with E-state index in [4.69, 9.17) is 9.15 Å². The SMILES string of the molecule is COc1ccc(-c2cnco2)cc1NCC1CCN(C)CC1. The van der Waals surface area contributed by atoms with E-state index in [0.29, 0.717) is 0 Å². The summed E-state index contributed by atoms with van der Waals surface area (Å²) in [6, 6.07) is 6.02. The molecule has 3 rings (SSSR count). The van der Waals surface area contributed by atoms with Crippen LogP contribution in [-0.4, -0.2) is 43.7 Å². The third kappa shape index (κ3) is 3.42. The van der Waals surface area contributed by atoms with E-state index in [1.165, 1.54) is 32.3 Å². The third-order valence-electron chi connectivity index (χ3n) is 4.34. The third-order valence-corrected chi connectivity index (χ3v) is 4.34. The second-order valence-corrected chi connectivity index (χ2v) is 5.91. The molecule has 2 heterocycles. The van der Waals surface area contributed by atoms with Crippen LogP contribution in [0.4, 0.5) is 5.69 Å². The summed E-state index contributed by atoms with van der Waals surface area (Å²) in [7, 11) is 3.89. The van der Waals surface area contributed by atoms with Gasteiger partial charge in [0.1, 0.15) is 5.75 Å². The Hall–Kier alpha value is -2.01. The molecule has 2 aromatic rings. The van der Waals surface area contributed by atoms with Gasteiger partial charge in [0, 0.05) is 12.1 Å². The zero-order valence-corrected chi connectivity index (χ0v) is 13.2. The molecule has 1 aromatic carbocycles. The molecule has 5 heteroatoms. The Bertz CT molecular complexity index is 590. The topological polar surface area (TPSA) is 50.5 Å². The van der Waals surface area contributed by atoms with E-state index in [-0.39, 0.29) is 0 Å². The van der Waals surface area contributed by atoms with Crippen molar-refractivity contribution in [3.05, 3.63) is 30.8 Å². The molecule has 22 heavy (non-hydrogen) atoms. The van der Waals surface area contributed by atoms with Crippen LogP contribution in [0.15, 0.2) is 35.2 Å². The van der Waals surface area contributed by atoms with E-state index in [1.807, 2.05) is 12.1 Å². The summed E-state index contributed by atoms with van der Waals surface area (Å²) in [5, 5.41) is 3.55. The van der Waals surface area contributed by atoms with Crippen molar-refractivity contribution in [1.29, 1.82) is 0 Å². The molecule has 1 aliphatic heterocycles. The average Bonchev–Trinajstić information content (AvgIpc) is 3.08. The van der Waals surface area contributed by atoms with Crippen LogP contribution in [0.2, 0.25) is 0 Å². The highest BCUT2D eigenvalue weighted by Crippen LogP contribution is 2.31. The van der Waals surface area contributed by atoms with Gasteiger partial charge in [-0.2, -0.15) is 0 Å². The molecule has 0 radical (unpaired) electrons. The molecule has 0 spiro atoms. The normalized spacial score (nSPS) is 16.6. The molecule has 5 nitrogen and oxygen atoms in total. The molecule has 0 aliphatic carbocycles. The molecule has 0 bridgehead atoms. The summed E-state index contributed by atoms with van der Waals surface area (Å²) in [6.07, 6.45) is 5.66. The molecular formula is C17H23N3O2.